The molecule has 0 fully saturated rings. The Morgan fingerprint density at radius 1 is 0.839 bits per heavy atom. The summed E-state index contributed by atoms with van der Waals surface area (Å²) in [6.45, 7) is 4.67. The Morgan fingerprint density at radius 2 is 1.45 bits per heavy atom. The van der Waals surface area contributed by atoms with Crippen molar-refractivity contribution in [1.29, 1.82) is 0 Å². The Labute approximate surface area is 201 Å². The van der Waals surface area contributed by atoms with Crippen molar-refractivity contribution < 1.29 is 0 Å². The van der Waals surface area contributed by atoms with E-state index in [9.17, 15) is 0 Å². The van der Waals surface area contributed by atoms with Crippen molar-refractivity contribution in [3.63, 3.8) is 0 Å². The van der Waals surface area contributed by atoms with E-state index in [-0.39, 0.29) is 0 Å². The maximum atomic E-state index is 4.22. The minimum Gasteiger partial charge on any atom is -0.306 e. The average Bonchev–Trinajstić information content (AvgIpc) is 2.79. The van der Waals surface area contributed by atoms with Crippen LogP contribution in [-0.4, -0.2) is 37.0 Å². The van der Waals surface area contributed by atoms with Gasteiger partial charge in [-0.25, -0.2) is 0 Å². The molecule has 0 saturated carbocycles. The first-order valence-electron chi connectivity index (χ1n) is 12.8. The van der Waals surface area contributed by atoms with Gasteiger partial charge in [0, 0.05) is 23.1 Å². The lowest BCUT2D eigenvalue weighted by molar-refractivity contribution is 0.343. The fourth-order valence-corrected chi connectivity index (χ4v) is 5.50. The first kappa shape index (κ1) is 28.5. The van der Waals surface area contributed by atoms with E-state index >= 15 is 0 Å². The third kappa shape index (κ3) is 19.8. The van der Waals surface area contributed by atoms with Crippen LogP contribution in [0.15, 0.2) is 40.4 Å². The molecule has 4 heteroatoms. The first-order valence-corrected chi connectivity index (χ1v) is 15.1. The molecule has 0 aromatic carbocycles. The molecule has 0 unspecified atom stereocenters. The van der Waals surface area contributed by atoms with Gasteiger partial charge in [0.1, 0.15) is 6.08 Å². The Balaban J connectivity index is 1.76. The largest absolute Gasteiger partial charge is 0.306 e. The molecular weight excluding hydrogens is 416 g/mol. The van der Waals surface area contributed by atoms with Crippen molar-refractivity contribution in [3.05, 3.63) is 35.4 Å². The van der Waals surface area contributed by atoms with Crippen molar-refractivity contribution in [1.82, 2.24) is 4.90 Å². The molecule has 0 N–H and O–H groups in total. The molecule has 2 nitrogen and oxygen atoms in total. The van der Waals surface area contributed by atoms with Gasteiger partial charge in [-0.15, -0.1) is 0 Å². The molecule has 0 aromatic rings. The van der Waals surface area contributed by atoms with Crippen LogP contribution in [0.25, 0.3) is 0 Å². The second-order valence-corrected chi connectivity index (χ2v) is 11.0. The lowest BCUT2D eigenvalue weighted by atomic mass is 10.1. The van der Waals surface area contributed by atoms with Crippen molar-refractivity contribution in [2.75, 3.05) is 25.9 Å². The smallest absolute Gasteiger partial charge is 0.225 e. The normalized spacial score (nSPS) is 13.3. The maximum absolute atomic E-state index is 4.22. The van der Waals surface area contributed by atoms with E-state index in [1.807, 2.05) is 29.0 Å². The SMILES string of the molecule is CCCCCCCC/C=C\CCCCCCCCCN(C)CCSSC1=CC=C[C+]=N1. The third-order valence-corrected chi connectivity index (χ3v) is 7.82. The van der Waals surface area contributed by atoms with Crippen molar-refractivity contribution in [3.8, 4) is 0 Å². The highest BCUT2D eigenvalue weighted by atomic mass is 33.1. The van der Waals surface area contributed by atoms with E-state index in [0.717, 1.165) is 17.3 Å². The quantitative estimate of drug-likeness (QED) is 0.0689. The summed E-state index contributed by atoms with van der Waals surface area (Å²) in [5, 5.41) is 1.05. The number of rotatable bonds is 22. The standard InChI is InChI=1S/C27H47N2S2/c1-3-4-5-6-7-8-9-10-11-12-13-14-15-16-17-18-21-24-29(2)25-26-30-31-27-22-19-20-23-28-27/h10-11,19-20,22H,3-9,12-18,21,24-26H2,1-2H3/q+1/b11-10-. The number of hydrogen-bond donors (Lipinski definition) is 0. The zero-order valence-electron chi connectivity index (χ0n) is 20.3. The van der Waals surface area contributed by atoms with Crippen molar-refractivity contribution in [2.24, 2.45) is 4.99 Å². The van der Waals surface area contributed by atoms with Crippen molar-refractivity contribution >= 4 is 27.8 Å². The summed E-state index contributed by atoms with van der Waals surface area (Å²) in [5.41, 5.74) is 0. The third-order valence-electron chi connectivity index (χ3n) is 5.59. The molecule has 0 aromatic heterocycles. The zero-order valence-corrected chi connectivity index (χ0v) is 22.0. The van der Waals surface area contributed by atoms with E-state index in [1.165, 1.54) is 103 Å². The Bertz CT molecular complexity index is 511. The van der Waals surface area contributed by atoms with E-state index in [4.69, 9.17) is 0 Å². The highest BCUT2D eigenvalue weighted by Gasteiger charge is 2.07. The molecule has 0 amide bonds. The minimum absolute atomic E-state index is 1.05. The van der Waals surface area contributed by atoms with Gasteiger partial charge in [-0.2, -0.15) is 0 Å². The molecule has 31 heavy (non-hydrogen) atoms. The van der Waals surface area contributed by atoms with Crippen LogP contribution in [0.4, 0.5) is 0 Å². The van der Waals surface area contributed by atoms with Crippen LogP contribution >= 0.6 is 21.6 Å². The molecule has 176 valence electrons. The fraction of sp³-hybridized carbons (Fsp3) is 0.741. The molecule has 1 rings (SSSR count). The topological polar surface area (TPSA) is 15.6 Å². The summed E-state index contributed by atoms with van der Waals surface area (Å²) in [5.74, 6) is 1.14. The van der Waals surface area contributed by atoms with Gasteiger partial charge in [0.05, 0.1) is 12.2 Å². The molecule has 0 bridgehead atoms. The fourth-order valence-electron chi connectivity index (χ4n) is 3.57. The van der Waals surface area contributed by atoms with Crippen LogP contribution in [0.2, 0.25) is 0 Å². The number of allylic oxidation sites excluding steroid dienone is 5. The maximum Gasteiger partial charge on any atom is 0.225 e. The predicted molar refractivity (Wildman–Crippen MR) is 146 cm³/mol. The van der Waals surface area contributed by atoms with Gasteiger partial charge in [0.2, 0.25) is 5.03 Å². The van der Waals surface area contributed by atoms with Gasteiger partial charge in [-0.3, -0.25) is 0 Å². The van der Waals surface area contributed by atoms with E-state index < -0.39 is 0 Å². The van der Waals surface area contributed by atoms with E-state index in [0.29, 0.717) is 0 Å². The monoisotopic (exact) mass is 463 g/mol. The van der Waals surface area contributed by atoms with Gasteiger partial charge >= 0.3 is 0 Å². The molecule has 0 saturated heterocycles. The van der Waals surface area contributed by atoms with Gasteiger partial charge < -0.3 is 4.90 Å². The second kappa shape index (κ2) is 22.6. The van der Waals surface area contributed by atoms with Gasteiger partial charge in [-0.1, -0.05) is 99.1 Å². The number of hydrogen-bond acceptors (Lipinski definition) is 4. The van der Waals surface area contributed by atoms with Gasteiger partial charge in [-0.05, 0) is 45.7 Å². The molecule has 0 spiro atoms. The predicted octanol–water partition coefficient (Wildman–Crippen LogP) is 9.09. The van der Waals surface area contributed by atoms with Crippen molar-refractivity contribution in [2.45, 2.75) is 103 Å². The van der Waals surface area contributed by atoms with Gasteiger partial charge in [0.25, 0.3) is 0 Å². The molecule has 1 heterocycles. The summed E-state index contributed by atoms with van der Waals surface area (Å²) >= 11 is 0. The van der Waals surface area contributed by atoms with E-state index in [2.05, 4.69) is 42.2 Å². The highest BCUT2D eigenvalue weighted by molar-refractivity contribution is 8.78. The molecule has 0 radical (unpaired) electrons. The summed E-state index contributed by atoms with van der Waals surface area (Å²) < 4.78 is 0. The summed E-state index contributed by atoms with van der Waals surface area (Å²) in [6.07, 6.45) is 34.4. The Kier molecular flexibility index (Phi) is 20.8. The molecule has 1 aliphatic heterocycles. The van der Waals surface area contributed by atoms with Crippen LogP contribution in [0.3, 0.4) is 0 Å². The summed E-state index contributed by atoms with van der Waals surface area (Å²) in [7, 11) is 5.89. The summed E-state index contributed by atoms with van der Waals surface area (Å²) in [4.78, 5) is 6.69. The van der Waals surface area contributed by atoms with Crippen LogP contribution < -0.4 is 0 Å². The minimum atomic E-state index is 1.05. The Morgan fingerprint density at radius 3 is 2.06 bits per heavy atom. The first-order chi connectivity index (χ1) is 15.3. The average molecular weight is 464 g/mol. The van der Waals surface area contributed by atoms with Gasteiger partial charge in [0.15, 0.2) is 6.21 Å². The van der Waals surface area contributed by atoms with Crippen LogP contribution in [-0.2, 0) is 0 Å². The lowest BCUT2D eigenvalue weighted by Gasteiger charge is -2.15. The molecule has 0 aliphatic carbocycles. The van der Waals surface area contributed by atoms with Crippen LogP contribution in [0, 0.1) is 0 Å². The van der Waals surface area contributed by atoms with Crippen LogP contribution in [0.5, 0.6) is 0 Å². The highest BCUT2D eigenvalue weighted by Crippen LogP contribution is 2.31. The van der Waals surface area contributed by atoms with Crippen LogP contribution in [0.1, 0.15) is 103 Å². The van der Waals surface area contributed by atoms with E-state index in [1.54, 1.807) is 10.8 Å². The number of aliphatic imine (C=N–C) groups is 1. The zero-order chi connectivity index (χ0) is 22.2. The Hall–Kier alpha value is -0.540. The molecule has 1 aliphatic rings. The lowest BCUT2D eigenvalue weighted by Crippen LogP contribution is -2.22. The number of nitrogens with zero attached hydrogens (tertiary/aromatic N) is 2. The molecular formula is C27H47N2S2+. The molecule has 0 atom stereocenters. The number of unbranched alkanes of at least 4 members (excludes halogenated alkanes) is 13. The second-order valence-electron chi connectivity index (χ2n) is 8.60. The summed E-state index contributed by atoms with van der Waals surface area (Å²) in [6, 6.07) is 0.